The van der Waals surface area contributed by atoms with Crippen LogP contribution >= 0.6 is 11.3 Å². The molecule has 0 N–H and O–H groups in total. The van der Waals surface area contributed by atoms with Gasteiger partial charge in [-0.05, 0) is 55.0 Å². The summed E-state index contributed by atoms with van der Waals surface area (Å²) in [7, 11) is 3.16. The van der Waals surface area contributed by atoms with E-state index in [1.165, 1.54) is 11.3 Å². The highest BCUT2D eigenvalue weighted by molar-refractivity contribution is 7.07. The zero-order valence-corrected chi connectivity index (χ0v) is 18.8. The number of aromatic nitrogens is 1. The maximum Gasteiger partial charge on any atom is 0.338 e. The Labute approximate surface area is 188 Å². The number of benzene rings is 2. The zero-order chi connectivity index (χ0) is 22.7. The van der Waals surface area contributed by atoms with Crippen LogP contribution in [-0.4, -0.2) is 38.0 Å². The van der Waals surface area contributed by atoms with E-state index in [0.717, 1.165) is 11.3 Å². The number of esters is 1. The van der Waals surface area contributed by atoms with Gasteiger partial charge in [0.25, 0.3) is 5.56 Å². The van der Waals surface area contributed by atoms with Crippen LogP contribution in [0.4, 0.5) is 5.69 Å². The Morgan fingerprint density at radius 3 is 2.56 bits per heavy atom. The second kappa shape index (κ2) is 9.27. The molecule has 4 rings (SSSR count). The van der Waals surface area contributed by atoms with E-state index in [1.807, 2.05) is 41.3 Å². The first-order valence-electron chi connectivity index (χ1n) is 10.0. The minimum atomic E-state index is -0.353. The van der Waals surface area contributed by atoms with E-state index in [4.69, 9.17) is 14.2 Å². The molecule has 166 valence electrons. The number of rotatable bonds is 6. The summed E-state index contributed by atoms with van der Waals surface area (Å²) in [4.78, 5) is 32.1. The van der Waals surface area contributed by atoms with Gasteiger partial charge in [0.15, 0.2) is 16.3 Å². The number of carbonyl (C=O) groups is 1. The van der Waals surface area contributed by atoms with Crippen molar-refractivity contribution < 1.29 is 19.0 Å². The molecule has 1 aromatic heterocycles. The maximum absolute atomic E-state index is 13.0. The molecule has 3 aromatic rings. The summed E-state index contributed by atoms with van der Waals surface area (Å²) in [5.74, 6) is 0.880. The van der Waals surface area contributed by atoms with Gasteiger partial charge in [-0.1, -0.05) is 17.4 Å². The van der Waals surface area contributed by atoms with Crippen LogP contribution in [0.3, 0.4) is 0 Å². The van der Waals surface area contributed by atoms with E-state index < -0.39 is 0 Å². The van der Waals surface area contributed by atoms with Crippen LogP contribution in [-0.2, 0) is 11.4 Å². The summed E-state index contributed by atoms with van der Waals surface area (Å²) in [6, 6.07) is 12.6. The number of methoxy groups -OCH3 is 2. The number of hydrogen-bond donors (Lipinski definition) is 0. The first-order chi connectivity index (χ1) is 15.5. The van der Waals surface area contributed by atoms with E-state index in [9.17, 15) is 9.59 Å². The van der Waals surface area contributed by atoms with Gasteiger partial charge in [0.05, 0.1) is 30.9 Å². The molecule has 0 atom stereocenters. The molecule has 0 bridgehead atoms. The highest BCUT2D eigenvalue weighted by Crippen LogP contribution is 2.27. The highest BCUT2D eigenvalue weighted by atomic mass is 32.1. The number of anilines is 1. The van der Waals surface area contributed by atoms with Gasteiger partial charge in [0.2, 0.25) is 0 Å². The second-order valence-electron chi connectivity index (χ2n) is 6.99. The molecule has 0 unspecified atom stereocenters. The smallest absolute Gasteiger partial charge is 0.338 e. The fourth-order valence-corrected chi connectivity index (χ4v) is 4.35. The van der Waals surface area contributed by atoms with Crippen molar-refractivity contribution in [2.75, 3.05) is 32.4 Å². The fourth-order valence-electron chi connectivity index (χ4n) is 3.39. The lowest BCUT2D eigenvalue weighted by Crippen LogP contribution is -2.42. The molecule has 0 aliphatic carbocycles. The lowest BCUT2D eigenvalue weighted by molar-refractivity contribution is 0.0526. The topological polar surface area (TPSA) is 82.4 Å². The lowest BCUT2D eigenvalue weighted by atomic mass is 10.2. The van der Waals surface area contributed by atoms with Crippen LogP contribution in [0.2, 0.25) is 0 Å². The van der Waals surface area contributed by atoms with Crippen molar-refractivity contribution in [3.63, 3.8) is 0 Å². The van der Waals surface area contributed by atoms with Crippen molar-refractivity contribution in [3.05, 3.63) is 73.3 Å². The molecule has 2 heterocycles. The second-order valence-corrected chi connectivity index (χ2v) is 8.00. The molecule has 0 saturated carbocycles. The third-order valence-electron chi connectivity index (χ3n) is 5.03. The molecule has 0 saturated heterocycles. The molecular weight excluding hydrogens is 430 g/mol. The van der Waals surface area contributed by atoms with Crippen LogP contribution < -0.4 is 29.3 Å². The van der Waals surface area contributed by atoms with Crippen molar-refractivity contribution in [2.45, 2.75) is 13.6 Å². The minimum absolute atomic E-state index is 0.101. The molecule has 8 nitrogen and oxygen atoms in total. The van der Waals surface area contributed by atoms with Gasteiger partial charge in [0.1, 0.15) is 13.3 Å². The maximum atomic E-state index is 13.0. The van der Waals surface area contributed by atoms with Gasteiger partial charge in [-0.15, -0.1) is 0 Å². The average molecular weight is 454 g/mol. The van der Waals surface area contributed by atoms with Crippen LogP contribution in [0.25, 0.3) is 6.08 Å². The van der Waals surface area contributed by atoms with Crippen molar-refractivity contribution in [3.8, 4) is 11.5 Å². The summed E-state index contributed by atoms with van der Waals surface area (Å²) in [6.45, 7) is 2.91. The third kappa shape index (κ3) is 4.24. The van der Waals surface area contributed by atoms with E-state index in [-0.39, 0.29) is 11.5 Å². The Kier molecular flexibility index (Phi) is 6.27. The van der Waals surface area contributed by atoms with E-state index >= 15 is 0 Å². The normalized spacial score (nSPS) is 13.3. The van der Waals surface area contributed by atoms with Crippen LogP contribution in [0.5, 0.6) is 11.5 Å². The quantitative estimate of drug-likeness (QED) is 0.531. The molecule has 0 fully saturated rings. The summed E-state index contributed by atoms with van der Waals surface area (Å²) in [5.41, 5.74) is 2.10. The Morgan fingerprint density at radius 2 is 1.88 bits per heavy atom. The van der Waals surface area contributed by atoms with Gasteiger partial charge in [-0.2, -0.15) is 0 Å². The van der Waals surface area contributed by atoms with Crippen LogP contribution in [0, 0.1) is 0 Å². The molecule has 32 heavy (non-hydrogen) atoms. The number of hydrogen-bond acceptors (Lipinski definition) is 8. The third-order valence-corrected chi connectivity index (χ3v) is 6.07. The predicted octanol–water partition coefficient (Wildman–Crippen LogP) is 1.99. The lowest BCUT2D eigenvalue weighted by Gasteiger charge is -2.25. The van der Waals surface area contributed by atoms with Gasteiger partial charge in [0, 0.05) is 5.69 Å². The van der Waals surface area contributed by atoms with Gasteiger partial charge < -0.3 is 19.1 Å². The SMILES string of the molecule is CCOC(=O)c1ccc(N2CN=c3s/c(=C\c4ccc(OC)c(OC)c4)c(=O)n3C2)cc1. The first kappa shape index (κ1) is 21.6. The van der Waals surface area contributed by atoms with Gasteiger partial charge in [-0.3, -0.25) is 9.36 Å². The molecule has 1 aliphatic heterocycles. The molecule has 1 aliphatic rings. The van der Waals surface area contributed by atoms with E-state index in [2.05, 4.69) is 4.99 Å². The highest BCUT2D eigenvalue weighted by Gasteiger charge is 2.17. The molecule has 9 heteroatoms. The molecule has 0 amide bonds. The molecule has 0 spiro atoms. The largest absolute Gasteiger partial charge is 0.493 e. The minimum Gasteiger partial charge on any atom is -0.493 e. The van der Waals surface area contributed by atoms with Crippen molar-refractivity contribution in [1.82, 2.24) is 4.57 Å². The standard InChI is InChI=1S/C23H23N3O5S/c1-4-31-22(28)16-6-8-17(9-7-16)25-13-24-23-26(14-25)21(27)20(32-23)12-15-5-10-18(29-2)19(11-15)30-3/h5-12H,4,13-14H2,1-3H3/b20-12-. The van der Waals surface area contributed by atoms with Crippen molar-refractivity contribution in [1.29, 1.82) is 0 Å². The number of nitrogens with zero attached hydrogens (tertiary/aromatic N) is 3. The Balaban J connectivity index is 1.60. The fraction of sp³-hybridized carbons (Fsp3) is 0.261. The first-order valence-corrected chi connectivity index (χ1v) is 10.9. The summed E-state index contributed by atoms with van der Waals surface area (Å²) < 4.78 is 17.9. The van der Waals surface area contributed by atoms with Crippen LogP contribution in [0.1, 0.15) is 22.8 Å². The van der Waals surface area contributed by atoms with Crippen molar-refractivity contribution in [2.24, 2.45) is 4.99 Å². The number of carbonyl (C=O) groups excluding carboxylic acids is 1. The number of ether oxygens (including phenoxy) is 3. The van der Waals surface area contributed by atoms with Crippen LogP contribution in [0.15, 0.2) is 52.3 Å². The average Bonchev–Trinajstić information content (AvgIpc) is 3.13. The molecule has 2 aromatic carbocycles. The Bertz CT molecular complexity index is 1310. The van der Waals surface area contributed by atoms with E-state index in [1.54, 1.807) is 37.8 Å². The number of thiazole rings is 1. The Morgan fingerprint density at radius 1 is 1.12 bits per heavy atom. The zero-order valence-electron chi connectivity index (χ0n) is 18.0. The van der Waals surface area contributed by atoms with Gasteiger partial charge >= 0.3 is 5.97 Å². The summed E-state index contributed by atoms with van der Waals surface area (Å²) in [5, 5.41) is 0. The molecule has 0 radical (unpaired) electrons. The van der Waals surface area contributed by atoms with E-state index in [0.29, 0.717) is 46.3 Å². The predicted molar refractivity (Wildman–Crippen MR) is 122 cm³/mol. The summed E-state index contributed by atoms with van der Waals surface area (Å²) >= 11 is 1.36. The van der Waals surface area contributed by atoms with Crippen molar-refractivity contribution >= 4 is 29.1 Å². The monoisotopic (exact) mass is 453 g/mol. The van der Waals surface area contributed by atoms with Gasteiger partial charge in [-0.25, -0.2) is 9.79 Å². The Hall–Kier alpha value is -3.59. The number of fused-ring (bicyclic) bond motifs is 1. The molecular formula is C23H23N3O5S. The summed E-state index contributed by atoms with van der Waals surface area (Å²) in [6.07, 6.45) is 1.83.